The number of amidine groups is 1. The summed E-state index contributed by atoms with van der Waals surface area (Å²) < 4.78 is 38.3. The van der Waals surface area contributed by atoms with Crippen LogP contribution in [-0.2, 0) is 26.1 Å². The molecule has 0 aliphatic carbocycles. The highest BCUT2D eigenvalue weighted by Crippen LogP contribution is 2.17. The first-order valence-electron chi connectivity index (χ1n) is 11.2. The Bertz CT molecular complexity index is 1060. The molecule has 0 spiro atoms. The van der Waals surface area contributed by atoms with Gasteiger partial charge in [-0.3, -0.25) is 9.69 Å². The highest BCUT2D eigenvalue weighted by molar-refractivity contribution is 7.90. The highest BCUT2D eigenvalue weighted by atomic mass is 32.2. The van der Waals surface area contributed by atoms with Crippen molar-refractivity contribution in [3.8, 4) is 5.75 Å². The Balaban J connectivity index is 1.25. The zero-order valence-corrected chi connectivity index (χ0v) is 19.6. The zero-order chi connectivity index (χ0) is 23.3. The van der Waals surface area contributed by atoms with Gasteiger partial charge in [0.1, 0.15) is 18.2 Å². The van der Waals surface area contributed by atoms with Crippen LogP contribution in [0.15, 0.2) is 52.6 Å². The first-order chi connectivity index (χ1) is 15.9. The van der Waals surface area contributed by atoms with Crippen molar-refractivity contribution >= 4 is 21.8 Å². The molecule has 178 valence electrons. The van der Waals surface area contributed by atoms with Crippen LogP contribution >= 0.6 is 0 Å². The topological polar surface area (TPSA) is 101 Å². The molecule has 0 radical (unpaired) electrons. The van der Waals surface area contributed by atoms with Crippen molar-refractivity contribution in [3.63, 3.8) is 0 Å². The summed E-state index contributed by atoms with van der Waals surface area (Å²) in [5, 5.41) is 2.91. The zero-order valence-electron chi connectivity index (χ0n) is 18.8. The lowest BCUT2D eigenvalue weighted by atomic mass is 10.1. The smallest absolute Gasteiger partial charge is 0.256 e. The van der Waals surface area contributed by atoms with Crippen LogP contribution in [0.5, 0.6) is 5.75 Å². The van der Waals surface area contributed by atoms with Gasteiger partial charge in [-0.2, -0.15) is 0 Å². The number of rotatable bonds is 8. The summed E-state index contributed by atoms with van der Waals surface area (Å²) in [6.07, 6.45) is 6.89. The predicted octanol–water partition coefficient (Wildman–Crippen LogP) is 1.29. The molecule has 1 fully saturated rings. The summed E-state index contributed by atoms with van der Waals surface area (Å²) in [4.78, 5) is 16.6. The Morgan fingerprint density at radius 1 is 1.30 bits per heavy atom. The molecule has 0 saturated carbocycles. The number of benzene rings is 1. The van der Waals surface area contributed by atoms with Gasteiger partial charge in [-0.15, -0.1) is 4.40 Å². The minimum atomic E-state index is -3.41. The van der Waals surface area contributed by atoms with Crippen molar-refractivity contribution < 1.29 is 22.7 Å². The average molecular weight is 475 g/mol. The van der Waals surface area contributed by atoms with Gasteiger partial charge in [0.2, 0.25) is 0 Å². The van der Waals surface area contributed by atoms with Gasteiger partial charge < -0.3 is 19.7 Å². The lowest BCUT2D eigenvalue weighted by Crippen LogP contribution is -2.38. The fourth-order valence-electron chi connectivity index (χ4n) is 3.98. The molecule has 0 unspecified atom stereocenters. The van der Waals surface area contributed by atoms with Gasteiger partial charge in [0.05, 0.1) is 11.3 Å². The van der Waals surface area contributed by atoms with Gasteiger partial charge >= 0.3 is 0 Å². The molecule has 33 heavy (non-hydrogen) atoms. The van der Waals surface area contributed by atoms with Crippen LogP contribution < -0.4 is 10.1 Å². The monoisotopic (exact) mass is 474 g/mol. The Labute approximate surface area is 194 Å². The minimum absolute atomic E-state index is 0.0621. The maximum atomic E-state index is 12.6. The number of sulfonamides is 1. The Hall–Kier alpha value is -2.69. The number of hydrogen-bond acceptors (Lipinski definition) is 7. The van der Waals surface area contributed by atoms with Crippen LogP contribution in [0.1, 0.15) is 18.4 Å². The maximum absolute atomic E-state index is 12.6. The molecule has 1 amide bonds. The molecule has 3 heterocycles. The summed E-state index contributed by atoms with van der Waals surface area (Å²) in [7, 11) is -1.29. The number of nitrogens with one attached hydrogen (secondary N) is 1. The molecular weight excluding hydrogens is 444 g/mol. The van der Waals surface area contributed by atoms with Gasteiger partial charge in [-0.25, -0.2) is 8.42 Å². The number of hydrogen-bond donors (Lipinski definition) is 1. The van der Waals surface area contributed by atoms with E-state index in [1.165, 1.54) is 0 Å². The molecule has 3 aliphatic heterocycles. The third-order valence-electron chi connectivity index (χ3n) is 5.96. The molecule has 9 nitrogen and oxygen atoms in total. The standard InChI is InChI=1S/C23H30N4O5S/c1-26(20-7-11-31-12-8-20)9-13-32-21-4-2-3-18(15-21)16-24-23(28)19-5-6-22-25-33(29,30)14-10-27(22)17-19/h2-6,15,17,20H,7-14,16H2,1H3,(H,24,28). The van der Waals surface area contributed by atoms with E-state index in [1.807, 2.05) is 24.3 Å². The molecule has 4 rings (SSSR count). The van der Waals surface area contributed by atoms with E-state index in [0.29, 0.717) is 30.6 Å². The van der Waals surface area contributed by atoms with Crippen LogP contribution in [0.25, 0.3) is 0 Å². The Kier molecular flexibility index (Phi) is 7.46. The van der Waals surface area contributed by atoms with E-state index in [4.69, 9.17) is 9.47 Å². The maximum Gasteiger partial charge on any atom is 0.256 e. The molecule has 0 atom stereocenters. The van der Waals surface area contributed by atoms with Gasteiger partial charge in [0, 0.05) is 45.1 Å². The lowest BCUT2D eigenvalue weighted by molar-refractivity contribution is -0.117. The molecule has 0 bridgehead atoms. The SMILES string of the molecule is CN(CCOc1cccc(CNC(=O)C2=CN3CCS(=O)(=O)N=C3C=C2)c1)C1CCOCC1. The second-order valence-corrected chi connectivity index (χ2v) is 10.1. The van der Waals surface area contributed by atoms with E-state index in [1.54, 1.807) is 23.3 Å². The number of likely N-dealkylation sites (N-methyl/N-ethyl adjacent to an activating group) is 1. The average Bonchev–Trinajstić information content (AvgIpc) is 2.82. The molecular formula is C23H30N4O5S. The summed E-state index contributed by atoms with van der Waals surface area (Å²) >= 11 is 0. The second kappa shape index (κ2) is 10.5. The molecule has 1 saturated heterocycles. The van der Waals surface area contributed by atoms with E-state index < -0.39 is 10.0 Å². The van der Waals surface area contributed by atoms with Crippen molar-refractivity contribution in [2.75, 3.05) is 45.7 Å². The molecule has 3 aliphatic rings. The normalized spacial score (nSPS) is 20.1. The lowest BCUT2D eigenvalue weighted by Gasteiger charge is -2.31. The van der Waals surface area contributed by atoms with Crippen LogP contribution in [0.4, 0.5) is 0 Å². The Morgan fingerprint density at radius 2 is 2.12 bits per heavy atom. The highest BCUT2D eigenvalue weighted by Gasteiger charge is 2.25. The van der Waals surface area contributed by atoms with Crippen molar-refractivity contribution in [2.45, 2.75) is 25.4 Å². The van der Waals surface area contributed by atoms with Crippen molar-refractivity contribution in [1.82, 2.24) is 15.1 Å². The second-order valence-electron chi connectivity index (χ2n) is 8.35. The van der Waals surface area contributed by atoms with Gasteiger partial charge in [-0.05, 0) is 49.7 Å². The first-order valence-corrected chi connectivity index (χ1v) is 12.8. The number of fused-ring (bicyclic) bond motifs is 1. The van der Waals surface area contributed by atoms with Gasteiger partial charge in [0.25, 0.3) is 15.9 Å². The number of carbonyl (C=O) groups excluding carboxylic acids is 1. The molecule has 1 aromatic carbocycles. The predicted molar refractivity (Wildman–Crippen MR) is 125 cm³/mol. The number of amides is 1. The van der Waals surface area contributed by atoms with Crippen LogP contribution in [0, 0.1) is 0 Å². The van der Waals surface area contributed by atoms with E-state index in [-0.39, 0.29) is 18.2 Å². The third-order valence-corrected chi connectivity index (χ3v) is 7.13. The minimum Gasteiger partial charge on any atom is -0.492 e. The summed E-state index contributed by atoms with van der Waals surface area (Å²) in [6.45, 7) is 3.73. The third kappa shape index (κ3) is 6.43. The van der Waals surface area contributed by atoms with Crippen LogP contribution in [0.3, 0.4) is 0 Å². The summed E-state index contributed by atoms with van der Waals surface area (Å²) in [5.74, 6) is 0.815. The number of ether oxygens (including phenoxy) is 2. The summed E-state index contributed by atoms with van der Waals surface area (Å²) in [6, 6.07) is 8.24. The van der Waals surface area contributed by atoms with Crippen LogP contribution in [-0.4, -0.2) is 81.7 Å². The number of nitrogens with zero attached hydrogens (tertiary/aromatic N) is 3. The first kappa shape index (κ1) is 23.5. The van der Waals surface area contributed by atoms with E-state index in [9.17, 15) is 13.2 Å². The van der Waals surface area contributed by atoms with Gasteiger partial charge in [-0.1, -0.05) is 12.1 Å². The quantitative estimate of drug-likeness (QED) is 0.606. The van der Waals surface area contributed by atoms with Crippen molar-refractivity contribution in [3.05, 3.63) is 53.8 Å². The van der Waals surface area contributed by atoms with E-state index in [0.717, 1.165) is 43.9 Å². The van der Waals surface area contributed by atoms with Crippen LogP contribution in [0.2, 0.25) is 0 Å². The summed E-state index contributed by atoms with van der Waals surface area (Å²) in [5.41, 5.74) is 1.39. The number of carbonyl (C=O) groups is 1. The van der Waals surface area contributed by atoms with E-state index in [2.05, 4.69) is 21.7 Å². The molecule has 1 N–H and O–H groups in total. The molecule has 10 heteroatoms. The molecule has 0 aromatic heterocycles. The van der Waals surface area contributed by atoms with E-state index >= 15 is 0 Å². The largest absolute Gasteiger partial charge is 0.492 e. The van der Waals surface area contributed by atoms with Crippen molar-refractivity contribution in [2.24, 2.45) is 4.40 Å². The fraction of sp³-hybridized carbons (Fsp3) is 0.478. The molecule has 1 aromatic rings. The van der Waals surface area contributed by atoms with Crippen molar-refractivity contribution in [1.29, 1.82) is 0 Å². The Morgan fingerprint density at radius 3 is 2.94 bits per heavy atom. The van der Waals surface area contributed by atoms with Gasteiger partial charge in [0.15, 0.2) is 0 Å². The fourth-order valence-corrected chi connectivity index (χ4v) is 4.95.